The van der Waals surface area contributed by atoms with Crippen LogP contribution in [-0.2, 0) is 28.0 Å². The van der Waals surface area contributed by atoms with E-state index in [1.807, 2.05) is 0 Å². The number of aromatic nitrogens is 4. The number of fused-ring (bicyclic) bond motifs is 1. The van der Waals surface area contributed by atoms with Gasteiger partial charge in [-0.15, -0.1) is 0 Å². The van der Waals surface area contributed by atoms with Gasteiger partial charge in [0.05, 0.1) is 26.1 Å². The van der Waals surface area contributed by atoms with Crippen molar-refractivity contribution in [2.75, 3.05) is 52.9 Å². The second kappa shape index (κ2) is 8.81. The van der Waals surface area contributed by atoms with Crippen LogP contribution in [0, 0.1) is 0 Å². The van der Waals surface area contributed by atoms with Gasteiger partial charge in [-0.2, -0.15) is 0 Å². The molecule has 0 aliphatic carbocycles. The number of morpholine rings is 1. The van der Waals surface area contributed by atoms with Gasteiger partial charge < -0.3 is 29.6 Å². The molecule has 0 amide bonds. The number of methoxy groups -OCH3 is 2. The number of nitrogens with two attached hydrogens (primary N) is 1. The summed E-state index contributed by atoms with van der Waals surface area (Å²) in [6.07, 6.45) is 0.454. The lowest BCUT2D eigenvalue weighted by Crippen LogP contribution is -2.38. The quantitative estimate of drug-likeness (QED) is 0.542. The van der Waals surface area contributed by atoms with E-state index in [1.54, 1.807) is 4.57 Å². The van der Waals surface area contributed by atoms with Gasteiger partial charge in [-0.05, 0) is 0 Å². The van der Waals surface area contributed by atoms with Crippen LogP contribution in [0.15, 0.2) is 12.7 Å². The third kappa shape index (κ3) is 3.95. The van der Waals surface area contributed by atoms with Crippen LogP contribution in [0.3, 0.4) is 0 Å². The van der Waals surface area contributed by atoms with Crippen molar-refractivity contribution < 1.29 is 32.9 Å². The van der Waals surface area contributed by atoms with Gasteiger partial charge in [0.1, 0.15) is 30.2 Å². The highest BCUT2D eigenvalue weighted by Crippen LogP contribution is 2.47. The topological polar surface area (TPSA) is 156 Å². The predicted octanol–water partition coefficient (Wildman–Crippen LogP) is -0.215. The first-order valence-electron chi connectivity index (χ1n) is 9.41. The number of hydrogen-bond acceptors (Lipinski definition) is 10. The summed E-state index contributed by atoms with van der Waals surface area (Å²) in [5.41, 5.74) is 6.79. The Kier molecular flexibility index (Phi) is 6.32. The van der Waals surface area contributed by atoms with Crippen LogP contribution in [-0.4, -0.2) is 94.5 Å². The Balaban J connectivity index is 1.53. The zero-order valence-electron chi connectivity index (χ0n) is 16.7. The van der Waals surface area contributed by atoms with Gasteiger partial charge in [0.25, 0.3) is 0 Å². The van der Waals surface area contributed by atoms with Gasteiger partial charge in [0.2, 0.25) is 0 Å². The van der Waals surface area contributed by atoms with E-state index in [1.165, 1.54) is 31.5 Å². The second-order valence-electron chi connectivity index (χ2n) is 6.90. The molecule has 0 aromatic carbocycles. The average molecular weight is 444 g/mol. The smallest absolute Gasteiger partial charge is 0.382 e. The van der Waals surface area contributed by atoms with Gasteiger partial charge >= 0.3 is 7.75 Å². The first kappa shape index (κ1) is 21.5. The number of imidazole rings is 1. The number of anilines is 1. The van der Waals surface area contributed by atoms with Crippen molar-refractivity contribution in [3.05, 3.63) is 12.7 Å². The van der Waals surface area contributed by atoms with Crippen molar-refractivity contribution in [2.45, 2.75) is 24.5 Å². The Morgan fingerprint density at radius 2 is 1.97 bits per heavy atom. The fourth-order valence-corrected chi connectivity index (χ4v) is 4.89. The minimum Gasteiger partial charge on any atom is -0.382 e. The van der Waals surface area contributed by atoms with Gasteiger partial charge in [-0.1, -0.05) is 0 Å². The molecule has 2 unspecified atom stereocenters. The van der Waals surface area contributed by atoms with E-state index in [9.17, 15) is 9.46 Å². The summed E-state index contributed by atoms with van der Waals surface area (Å²) < 4.78 is 43.6. The molecular formula is C16H25N6O7P. The molecule has 2 aromatic heterocycles. The van der Waals surface area contributed by atoms with Crippen LogP contribution in [0.5, 0.6) is 0 Å². The highest BCUT2D eigenvalue weighted by molar-refractivity contribution is 7.50. The summed E-state index contributed by atoms with van der Waals surface area (Å²) in [5, 5.41) is 0. The van der Waals surface area contributed by atoms with Crippen LogP contribution >= 0.6 is 7.75 Å². The Hall–Kier alpha value is -1.70. The van der Waals surface area contributed by atoms with Crippen molar-refractivity contribution in [2.24, 2.45) is 0 Å². The molecule has 13 nitrogen and oxygen atoms in total. The number of nitrogens with zero attached hydrogens (tertiary/aromatic N) is 5. The highest BCUT2D eigenvalue weighted by Gasteiger charge is 2.48. The molecule has 2 saturated heterocycles. The SMILES string of the molecule is COC1[C@@H](OC)[C@@H](COP(=O)(O)N2CCOCC2)O[C@H]1n1cnc2c(N)ncnc21. The molecule has 2 aromatic rings. The normalized spacial score (nSPS) is 30.0. The van der Waals surface area contributed by atoms with Gasteiger partial charge in [-0.25, -0.2) is 24.2 Å². The van der Waals surface area contributed by atoms with E-state index >= 15 is 0 Å². The maximum Gasteiger partial charge on any atom is 0.405 e. The van der Waals surface area contributed by atoms with E-state index in [-0.39, 0.29) is 12.4 Å². The van der Waals surface area contributed by atoms with E-state index in [0.29, 0.717) is 37.5 Å². The van der Waals surface area contributed by atoms with Gasteiger partial charge in [-0.3, -0.25) is 9.09 Å². The number of ether oxygens (including phenoxy) is 4. The first-order valence-corrected chi connectivity index (χ1v) is 10.9. The third-order valence-electron chi connectivity index (χ3n) is 5.24. The molecule has 0 spiro atoms. The monoisotopic (exact) mass is 444 g/mol. The Labute approximate surface area is 172 Å². The summed E-state index contributed by atoms with van der Waals surface area (Å²) in [4.78, 5) is 22.8. The van der Waals surface area contributed by atoms with Crippen LogP contribution in [0.2, 0.25) is 0 Å². The minimum absolute atomic E-state index is 0.163. The molecule has 4 rings (SSSR count). The summed E-state index contributed by atoms with van der Waals surface area (Å²) >= 11 is 0. The third-order valence-corrected chi connectivity index (χ3v) is 6.84. The van der Waals surface area contributed by atoms with Crippen molar-refractivity contribution in [1.29, 1.82) is 0 Å². The number of nitrogen functional groups attached to an aromatic ring is 1. The molecule has 30 heavy (non-hydrogen) atoms. The Bertz CT molecular complexity index is 923. The zero-order valence-corrected chi connectivity index (χ0v) is 17.6. The van der Waals surface area contributed by atoms with Crippen molar-refractivity contribution in [1.82, 2.24) is 24.2 Å². The Morgan fingerprint density at radius 3 is 2.67 bits per heavy atom. The predicted molar refractivity (Wildman–Crippen MR) is 103 cm³/mol. The maximum atomic E-state index is 12.6. The van der Waals surface area contributed by atoms with Gasteiger partial charge in [0.15, 0.2) is 17.7 Å². The lowest BCUT2D eigenvalue weighted by atomic mass is 10.1. The minimum atomic E-state index is -3.99. The van der Waals surface area contributed by atoms with Crippen molar-refractivity contribution in [3.8, 4) is 0 Å². The molecular weight excluding hydrogens is 419 g/mol. The molecule has 3 N–H and O–H groups in total. The summed E-state index contributed by atoms with van der Waals surface area (Å²) in [6.45, 7) is 1.23. The molecule has 166 valence electrons. The largest absolute Gasteiger partial charge is 0.405 e. The van der Waals surface area contributed by atoms with Crippen molar-refractivity contribution in [3.63, 3.8) is 0 Å². The summed E-state index contributed by atoms with van der Waals surface area (Å²) in [6, 6.07) is 0. The summed E-state index contributed by atoms with van der Waals surface area (Å²) in [5.74, 6) is 0.251. The summed E-state index contributed by atoms with van der Waals surface area (Å²) in [7, 11) is -0.943. The fourth-order valence-electron chi connectivity index (χ4n) is 3.72. The second-order valence-corrected chi connectivity index (χ2v) is 8.71. The molecule has 2 aliphatic heterocycles. The molecule has 14 heteroatoms. The molecule has 0 radical (unpaired) electrons. The standard InChI is InChI=1S/C16H25N6O7P/c1-25-12-10(7-28-30(23,24)21-3-5-27-6-4-21)29-16(13(12)26-2)22-9-20-11-14(17)18-8-19-15(11)22/h8-10,12-13,16H,3-7H2,1-2H3,(H,23,24)(H2,17,18,19)/t10-,12+,13?,16-/m1/s1. The molecule has 2 aliphatic rings. The highest BCUT2D eigenvalue weighted by atomic mass is 31.2. The average Bonchev–Trinajstić information content (AvgIpc) is 3.34. The Morgan fingerprint density at radius 1 is 1.23 bits per heavy atom. The van der Waals surface area contributed by atoms with E-state index < -0.39 is 32.3 Å². The van der Waals surface area contributed by atoms with E-state index in [0.717, 1.165) is 0 Å². The number of hydrogen-bond donors (Lipinski definition) is 2. The van der Waals surface area contributed by atoms with Crippen LogP contribution in [0.4, 0.5) is 5.82 Å². The molecule has 0 saturated carbocycles. The zero-order chi connectivity index (χ0) is 21.3. The lowest BCUT2D eigenvalue weighted by Gasteiger charge is -2.30. The van der Waals surface area contributed by atoms with Gasteiger partial charge in [0, 0.05) is 27.3 Å². The number of rotatable bonds is 7. The van der Waals surface area contributed by atoms with E-state index in [2.05, 4.69) is 15.0 Å². The lowest BCUT2D eigenvalue weighted by molar-refractivity contribution is -0.0579. The molecule has 4 heterocycles. The molecule has 2 fully saturated rings. The fraction of sp³-hybridized carbons (Fsp3) is 0.688. The van der Waals surface area contributed by atoms with E-state index in [4.69, 9.17) is 29.2 Å². The first-order chi connectivity index (χ1) is 14.5. The molecule has 0 bridgehead atoms. The maximum absolute atomic E-state index is 12.6. The van der Waals surface area contributed by atoms with Crippen LogP contribution in [0.1, 0.15) is 6.23 Å². The van der Waals surface area contributed by atoms with Crippen molar-refractivity contribution >= 4 is 24.7 Å². The van der Waals surface area contributed by atoms with Crippen LogP contribution < -0.4 is 5.73 Å². The molecule has 5 atom stereocenters. The van der Waals surface area contributed by atoms with Crippen LogP contribution in [0.25, 0.3) is 11.2 Å².